The Morgan fingerprint density at radius 3 is 2.75 bits per heavy atom. The molecule has 5 nitrogen and oxygen atoms in total. The number of hydrogen-bond acceptors (Lipinski definition) is 3. The smallest absolute Gasteiger partial charge is 0.328 e. The lowest BCUT2D eigenvalue weighted by Crippen LogP contribution is -2.28. The second kappa shape index (κ2) is 6.86. The predicted octanol–water partition coefficient (Wildman–Crippen LogP) is 2.15. The van der Waals surface area contributed by atoms with Gasteiger partial charge in [-0.2, -0.15) is 0 Å². The van der Waals surface area contributed by atoms with Crippen LogP contribution < -0.4 is 5.32 Å². The second-order valence-electron chi connectivity index (χ2n) is 4.67. The molecular formula is C15H17NO4. The van der Waals surface area contributed by atoms with E-state index >= 15 is 0 Å². The molecule has 1 heterocycles. The average Bonchev–Trinajstić information content (AvgIpc) is 2.46. The average molecular weight is 275 g/mol. The minimum atomic E-state index is -0.998. The SMILES string of the molecule is O=C(O)C=Cc1cccc(NC(=O)C2CCOCC2)c1. The minimum Gasteiger partial charge on any atom is -0.478 e. The van der Waals surface area contributed by atoms with Crippen LogP contribution in [0, 0.1) is 5.92 Å². The van der Waals surface area contributed by atoms with Crippen LogP contribution in [0.15, 0.2) is 30.3 Å². The maximum Gasteiger partial charge on any atom is 0.328 e. The number of benzene rings is 1. The van der Waals surface area contributed by atoms with Gasteiger partial charge in [-0.15, -0.1) is 0 Å². The fourth-order valence-electron chi connectivity index (χ4n) is 2.09. The van der Waals surface area contributed by atoms with Crippen LogP contribution in [0.5, 0.6) is 0 Å². The van der Waals surface area contributed by atoms with E-state index in [9.17, 15) is 9.59 Å². The number of carbonyl (C=O) groups is 2. The normalized spacial score (nSPS) is 16.2. The van der Waals surface area contributed by atoms with Gasteiger partial charge in [0.15, 0.2) is 0 Å². The summed E-state index contributed by atoms with van der Waals surface area (Å²) in [7, 11) is 0. The van der Waals surface area contributed by atoms with Crippen LogP contribution in [-0.4, -0.2) is 30.2 Å². The molecule has 1 fully saturated rings. The van der Waals surface area contributed by atoms with E-state index in [0.717, 1.165) is 24.5 Å². The van der Waals surface area contributed by atoms with Crippen molar-refractivity contribution in [3.63, 3.8) is 0 Å². The van der Waals surface area contributed by atoms with Gasteiger partial charge in [0.2, 0.25) is 5.91 Å². The fraction of sp³-hybridized carbons (Fsp3) is 0.333. The van der Waals surface area contributed by atoms with Gasteiger partial charge >= 0.3 is 5.97 Å². The van der Waals surface area contributed by atoms with Gasteiger partial charge in [-0.05, 0) is 36.6 Å². The molecule has 0 atom stereocenters. The molecule has 2 N–H and O–H groups in total. The summed E-state index contributed by atoms with van der Waals surface area (Å²) in [5.74, 6) is -1.02. The number of anilines is 1. The van der Waals surface area contributed by atoms with Crippen molar-refractivity contribution in [2.45, 2.75) is 12.8 Å². The molecule has 106 valence electrons. The van der Waals surface area contributed by atoms with Crippen molar-refractivity contribution in [1.29, 1.82) is 0 Å². The molecule has 1 aliphatic rings. The van der Waals surface area contributed by atoms with Gasteiger partial charge in [0, 0.05) is 30.9 Å². The van der Waals surface area contributed by atoms with E-state index < -0.39 is 5.97 Å². The Balaban J connectivity index is 2.00. The Morgan fingerprint density at radius 2 is 2.05 bits per heavy atom. The zero-order valence-corrected chi connectivity index (χ0v) is 11.0. The van der Waals surface area contributed by atoms with Crippen molar-refractivity contribution in [1.82, 2.24) is 0 Å². The summed E-state index contributed by atoms with van der Waals surface area (Å²) in [6.45, 7) is 1.25. The van der Waals surface area contributed by atoms with E-state index in [4.69, 9.17) is 9.84 Å². The van der Waals surface area contributed by atoms with Gasteiger partial charge in [-0.25, -0.2) is 4.79 Å². The lowest BCUT2D eigenvalue weighted by Gasteiger charge is -2.21. The van der Waals surface area contributed by atoms with E-state index in [0.29, 0.717) is 18.9 Å². The first-order valence-corrected chi connectivity index (χ1v) is 6.55. The second-order valence-corrected chi connectivity index (χ2v) is 4.67. The standard InChI is InChI=1S/C15H17NO4/c17-14(18)5-4-11-2-1-3-13(10-11)16-15(19)12-6-8-20-9-7-12/h1-5,10,12H,6-9H2,(H,16,19)(H,17,18). The number of carboxylic acid groups (broad SMARTS) is 1. The molecule has 0 bridgehead atoms. The van der Waals surface area contributed by atoms with Crippen LogP contribution in [0.25, 0.3) is 6.08 Å². The number of carbonyl (C=O) groups excluding carboxylic acids is 1. The summed E-state index contributed by atoms with van der Waals surface area (Å²) < 4.78 is 5.23. The molecular weight excluding hydrogens is 258 g/mol. The molecule has 1 saturated heterocycles. The quantitative estimate of drug-likeness (QED) is 0.826. The van der Waals surface area contributed by atoms with Crippen molar-refractivity contribution in [3.05, 3.63) is 35.9 Å². The van der Waals surface area contributed by atoms with Gasteiger partial charge in [-0.1, -0.05) is 12.1 Å². The number of amides is 1. The van der Waals surface area contributed by atoms with Crippen LogP contribution >= 0.6 is 0 Å². The summed E-state index contributed by atoms with van der Waals surface area (Å²) >= 11 is 0. The summed E-state index contributed by atoms with van der Waals surface area (Å²) in [5.41, 5.74) is 1.41. The Labute approximate surface area is 117 Å². The number of aliphatic carboxylic acids is 1. The fourth-order valence-corrected chi connectivity index (χ4v) is 2.09. The predicted molar refractivity (Wildman–Crippen MR) is 75.3 cm³/mol. The summed E-state index contributed by atoms with van der Waals surface area (Å²) in [4.78, 5) is 22.5. The van der Waals surface area contributed by atoms with Crippen molar-refractivity contribution in [2.75, 3.05) is 18.5 Å². The van der Waals surface area contributed by atoms with Crippen molar-refractivity contribution >= 4 is 23.6 Å². The molecule has 1 amide bonds. The summed E-state index contributed by atoms with van der Waals surface area (Å²) in [6, 6.07) is 7.09. The first kappa shape index (κ1) is 14.3. The number of rotatable bonds is 4. The molecule has 0 aliphatic carbocycles. The Bertz CT molecular complexity index is 518. The van der Waals surface area contributed by atoms with E-state index in [1.165, 1.54) is 6.08 Å². The molecule has 1 aromatic carbocycles. The molecule has 0 unspecified atom stereocenters. The summed E-state index contributed by atoms with van der Waals surface area (Å²) in [5, 5.41) is 11.5. The van der Waals surface area contributed by atoms with E-state index in [1.54, 1.807) is 24.3 Å². The lowest BCUT2D eigenvalue weighted by atomic mass is 9.99. The van der Waals surface area contributed by atoms with E-state index in [-0.39, 0.29) is 11.8 Å². The topological polar surface area (TPSA) is 75.6 Å². The molecule has 0 saturated carbocycles. The molecule has 0 radical (unpaired) electrons. The third kappa shape index (κ3) is 4.20. The third-order valence-corrected chi connectivity index (χ3v) is 3.16. The number of hydrogen-bond donors (Lipinski definition) is 2. The van der Waals surface area contributed by atoms with Gasteiger partial charge in [0.1, 0.15) is 0 Å². The van der Waals surface area contributed by atoms with Crippen LogP contribution in [0.2, 0.25) is 0 Å². The minimum absolute atomic E-state index is 0.00679. The highest BCUT2D eigenvalue weighted by Gasteiger charge is 2.21. The number of carboxylic acids is 1. The van der Waals surface area contributed by atoms with Crippen molar-refractivity contribution in [3.8, 4) is 0 Å². The molecule has 1 aromatic rings. The number of ether oxygens (including phenoxy) is 1. The molecule has 0 aromatic heterocycles. The Hall–Kier alpha value is -2.14. The highest BCUT2D eigenvalue weighted by molar-refractivity contribution is 5.93. The van der Waals surface area contributed by atoms with Gasteiger partial charge < -0.3 is 15.2 Å². The van der Waals surface area contributed by atoms with Gasteiger partial charge in [0.05, 0.1) is 0 Å². The first-order chi connectivity index (χ1) is 9.65. The molecule has 2 rings (SSSR count). The van der Waals surface area contributed by atoms with Gasteiger partial charge in [0.25, 0.3) is 0 Å². The van der Waals surface area contributed by atoms with Crippen LogP contribution in [0.1, 0.15) is 18.4 Å². The Morgan fingerprint density at radius 1 is 1.30 bits per heavy atom. The number of nitrogens with one attached hydrogen (secondary N) is 1. The molecule has 0 spiro atoms. The molecule has 5 heteroatoms. The molecule has 20 heavy (non-hydrogen) atoms. The van der Waals surface area contributed by atoms with Crippen LogP contribution in [0.4, 0.5) is 5.69 Å². The third-order valence-electron chi connectivity index (χ3n) is 3.16. The zero-order chi connectivity index (χ0) is 14.4. The molecule has 1 aliphatic heterocycles. The van der Waals surface area contributed by atoms with E-state index in [1.807, 2.05) is 0 Å². The van der Waals surface area contributed by atoms with Crippen molar-refractivity contribution in [2.24, 2.45) is 5.92 Å². The first-order valence-electron chi connectivity index (χ1n) is 6.55. The largest absolute Gasteiger partial charge is 0.478 e. The highest BCUT2D eigenvalue weighted by atomic mass is 16.5. The highest BCUT2D eigenvalue weighted by Crippen LogP contribution is 2.18. The van der Waals surface area contributed by atoms with Gasteiger partial charge in [-0.3, -0.25) is 4.79 Å². The summed E-state index contributed by atoms with van der Waals surface area (Å²) in [6.07, 6.45) is 4.04. The Kier molecular flexibility index (Phi) is 4.90. The lowest BCUT2D eigenvalue weighted by molar-refractivity contribution is -0.131. The van der Waals surface area contributed by atoms with Crippen LogP contribution in [-0.2, 0) is 14.3 Å². The maximum atomic E-state index is 12.1. The van der Waals surface area contributed by atoms with E-state index in [2.05, 4.69) is 5.32 Å². The zero-order valence-electron chi connectivity index (χ0n) is 11.0. The monoisotopic (exact) mass is 275 g/mol. The van der Waals surface area contributed by atoms with Crippen molar-refractivity contribution < 1.29 is 19.4 Å². The van der Waals surface area contributed by atoms with Crippen LogP contribution in [0.3, 0.4) is 0 Å². The maximum absolute atomic E-state index is 12.1.